The number of hydrogen-bond donors (Lipinski definition) is 0. The van der Waals surface area contributed by atoms with Crippen LogP contribution in [0.4, 0.5) is 0 Å². The minimum absolute atomic E-state index is 0.619. The molecule has 0 amide bonds. The Morgan fingerprint density at radius 2 is 0.537 bits per heavy atom. The molecular weight excluding hydrogens is 496 g/mol. The molecule has 0 spiro atoms. The average molecular weight is 575 g/mol. The van der Waals surface area contributed by atoms with Crippen LogP contribution in [-0.2, 0) is 0 Å². The van der Waals surface area contributed by atoms with Crippen LogP contribution in [0.2, 0.25) is 0 Å². The van der Waals surface area contributed by atoms with Crippen LogP contribution in [-0.4, -0.2) is 29.1 Å². The van der Waals surface area contributed by atoms with E-state index in [2.05, 4.69) is 43.0 Å². The Balaban J connectivity index is 1.86. The summed E-state index contributed by atoms with van der Waals surface area (Å²) in [6, 6.07) is 0. The maximum Gasteiger partial charge on any atom is 0.100 e. The predicted molar refractivity (Wildman–Crippen MR) is 186 cm³/mol. The molecule has 0 radical (unpaired) electrons. The quantitative estimate of drug-likeness (QED) is 0.0719. The van der Waals surface area contributed by atoms with Gasteiger partial charge in [0.15, 0.2) is 0 Å². The molecule has 1 atom stereocenters. The Kier molecular flexibility index (Phi) is 28.8. The molecule has 0 aromatic heterocycles. The van der Waals surface area contributed by atoms with E-state index in [0.29, 0.717) is 6.17 Å². The fraction of sp³-hybridized carbons (Fsp3) is 0.949. The summed E-state index contributed by atoms with van der Waals surface area (Å²) in [7, 11) is 0. The summed E-state index contributed by atoms with van der Waals surface area (Å²) in [6.45, 7) is 9.49. The van der Waals surface area contributed by atoms with Crippen LogP contribution < -0.4 is 0 Å². The van der Waals surface area contributed by atoms with Crippen LogP contribution in [0.3, 0.4) is 0 Å². The lowest BCUT2D eigenvalue weighted by Gasteiger charge is -2.32. The van der Waals surface area contributed by atoms with Gasteiger partial charge in [0.1, 0.15) is 6.17 Å². The van der Waals surface area contributed by atoms with E-state index in [9.17, 15) is 0 Å². The molecule has 1 unspecified atom stereocenters. The number of hydrogen-bond acceptors (Lipinski definition) is 2. The lowest BCUT2D eigenvalue weighted by molar-refractivity contribution is 0.144. The molecule has 0 N–H and O–H groups in total. The summed E-state index contributed by atoms with van der Waals surface area (Å²) < 4.78 is 0. The summed E-state index contributed by atoms with van der Waals surface area (Å²) in [5, 5.41) is 0. The standard InChI is InChI=1S/C39H78N2/c1-4-7-9-11-13-15-17-19-20-21-22-24-26-28-30-32-34-36-41-38-37-40(39(41)6-3)35-33-31-29-27-25-23-18-16-14-12-10-8-5-2/h37-39H,4-36H2,1-3H3. The fourth-order valence-corrected chi connectivity index (χ4v) is 6.81. The zero-order chi connectivity index (χ0) is 29.5. The average Bonchev–Trinajstić information content (AvgIpc) is 3.38. The third-order valence-electron chi connectivity index (χ3n) is 9.62. The van der Waals surface area contributed by atoms with Gasteiger partial charge < -0.3 is 9.80 Å². The van der Waals surface area contributed by atoms with Gasteiger partial charge >= 0.3 is 0 Å². The second kappa shape index (κ2) is 30.8. The van der Waals surface area contributed by atoms with Gasteiger partial charge in [-0.3, -0.25) is 0 Å². The Morgan fingerprint density at radius 1 is 0.317 bits per heavy atom. The van der Waals surface area contributed by atoms with Crippen molar-refractivity contribution in [2.45, 2.75) is 226 Å². The Morgan fingerprint density at radius 3 is 0.756 bits per heavy atom. The Labute approximate surface area is 260 Å². The van der Waals surface area contributed by atoms with Gasteiger partial charge in [-0.25, -0.2) is 0 Å². The molecule has 41 heavy (non-hydrogen) atoms. The van der Waals surface area contributed by atoms with E-state index >= 15 is 0 Å². The van der Waals surface area contributed by atoms with Crippen molar-refractivity contribution in [3.8, 4) is 0 Å². The van der Waals surface area contributed by atoms with E-state index in [1.54, 1.807) is 0 Å². The van der Waals surface area contributed by atoms with E-state index in [0.717, 1.165) is 0 Å². The minimum atomic E-state index is 0.619. The molecular formula is C39H78N2. The SMILES string of the molecule is CCCCCCCCCCCCCCCCCCCN1C=CN(CCCCCCCCCCCCCCC)C1CC. The molecule has 1 aliphatic heterocycles. The first-order chi connectivity index (χ1) is 20.3. The molecule has 1 aliphatic rings. The zero-order valence-corrected chi connectivity index (χ0v) is 29.0. The predicted octanol–water partition coefficient (Wildman–Crippen LogP) is 13.6. The number of unbranched alkanes of at least 4 members (excludes halogenated alkanes) is 28. The molecule has 244 valence electrons. The molecule has 0 saturated heterocycles. The molecule has 0 aromatic carbocycles. The highest BCUT2D eigenvalue weighted by atomic mass is 15.4. The highest BCUT2D eigenvalue weighted by Crippen LogP contribution is 2.21. The van der Waals surface area contributed by atoms with Gasteiger partial charge in [0.05, 0.1) is 0 Å². The van der Waals surface area contributed by atoms with Crippen molar-refractivity contribution in [2.75, 3.05) is 13.1 Å². The molecule has 0 aliphatic carbocycles. The first-order valence-electron chi connectivity index (χ1n) is 19.5. The van der Waals surface area contributed by atoms with Gasteiger partial charge in [-0.05, 0) is 19.3 Å². The number of rotatable bonds is 33. The maximum absolute atomic E-state index is 2.63. The van der Waals surface area contributed by atoms with Crippen molar-refractivity contribution in [2.24, 2.45) is 0 Å². The van der Waals surface area contributed by atoms with Crippen molar-refractivity contribution >= 4 is 0 Å². The topological polar surface area (TPSA) is 6.48 Å². The van der Waals surface area contributed by atoms with E-state index in [4.69, 9.17) is 0 Å². The molecule has 2 nitrogen and oxygen atoms in total. The molecule has 1 heterocycles. The van der Waals surface area contributed by atoms with Crippen LogP contribution >= 0.6 is 0 Å². The third-order valence-corrected chi connectivity index (χ3v) is 9.62. The summed E-state index contributed by atoms with van der Waals surface area (Å²) in [5.41, 5.74) is 0. The third kappa shape index (κ3) is 23.5. The summed E-state index contributed by atoms with van der Waals surface area (Å²) in [4.78, 5) is 5.26. The van der Waals surface area contributed by atoms with Crippen LogP contribution in [0.15, 0.2) is 12.4 Å². The monoisotopic (exact) mass is 575 g/mol. The van der Waals surface area contributed by atoms with Gasteiger partial charge in [-0.2, -0.15) is 0 Å². The van der Waals surface area contributed by atoms with Gasteiger partial charge in [-0.1, -0.05) is 201 Å². The van der Waals surface area contributed by atoms with Crippen LogP contribution in [0.1, 0.15) is 220 Å². The maximum atomic E-state index is 2.63. The van der Waals surface area contributed by atoms with E-state index in [1.807, 2.05) is 0 Å². The van der Waals surface area contributed by atoms with Crippen molar-refractivity contribution in [1.29, 1.82) is 0 Å². The molecule has 0 fully saturated rings. The van der Waals surface area contributed by atoms with Crippen molar-refractivity contribution in [3.05, 3.63) is 12.4 Å². The summed E-state index contributed by atoms with van der Waals surface area (Å²) >= 11 is 0. The lowest BCUT2D eigenvalue weighted by Crippen LogP contribution is -2.38. The van der Waals surface area contributed by atoms with Crippen LogP contribution in [0, 0.1) is 0 Å². The van der Waals surface area contributed by atoms with Gasteiger partial charge in [0.25, 0.3) is 0 Å². The van der Waals surface area contributed by atoms with Crippen LogP contribution in [0.25, 0.3) is 0 Å². The van der Waals surface area contributed by atoms with E-state index in [1.165, 1.54) is 212 Å². The van der Waals surface area contributed by atoms with E-state index < -0.39 is 0 Å². The fourth-order valence-electron chi connectivity index (χ4n) is 6.81. The number of nitrogens with zero attached hydrogens (tertiary/aromatic N) is 2. The first kappa shape index (κ1) is 38.4. The molecule has 0 saturated carbocycles. The second-order valence-corrected chi connectivity index (χ2v) is 13.6. The van der Waals surface area contributed by atoms with Gasteiger partial charge in [-0.15, -0.1) is 0 Å². The van der Waals surface area contributed by atoms with Gasteiger partial charge in [0, 0.05) is 25.5 Å². The zero-order valence-electron chi connectivity index (χ0n) is 29.0. The van der Waals surface area contributed by atoms with Gasteiger partial charge in [0.2, 0.25) is 0 Å². The molecule has 1 rings (SSSR count). The lowest BCUT2D eigenvalue weighted by atomic mass is 10.0. The Bertz CT molecular complexity index is 530. The largest absolute Gasteiger partial charge is 0.356 e. The Hall–Kier alpha value is -0.660. The molecule has 0 aromatic rings. The van der Waals surface area contributed by atoms with Crippen molar-refractivity contribution < 1.29 is 0 Å². The highest BCUT2D eigenvalue weighted by molar-refractivity contribution is 4.96. The smallest absolute Gasteiger partial charge is 0.100 e. The van der Waals surface area contributed by atoms with E-state index in [-0.39, 0.29) is 0 Å². The van der Waals surface area contributed by atoms with Crippen LogP contribution in [0.5, 0.6) is 0 Å². The first-order valence-corrected chi connectivity index (χ1v) is 19.5. The highest BCUT2D eigenvalue weighted by Gasteiger charge is 2.23. The van der Waals surface area contributed by atoms with Crippen molar-refractivity contribution in [3.63, 3.8) is 0 Å². The van der Waals surface area contributed by atoms with Crippen molar-refractivity contribution in [1.82, 2.24) is 9.80 Å². The summed E-state index contributed by atoms with van der Waals surface area (Å²) in [5.74, 6) is 0. The molecule has 0 bridgehead atoms. The second-order valence-electron chi connectivity index (χ2n) is 13.6. The molecule has 2 heteroatoms. The summed E-state index contributed by atoms with van der Waals surface area (Å²) in [6.07, 6.45) is 50.1. The normalized spacial score (nSPS) is 15.0. The minimum Gasteiger partial charge on any atom is -0.356 e.